The number of hydrogen-bond acceptors (Lipinski definition) is 4. The topological polar surface area (TPSA) is 81.2 Å². The van der Waals surface area contributed by atoms with Crippen molar-refractivity contribution in [1.82, 2.24) is 0 Å². The van der Waals surface area contributed by atoms with E-state index in [9.17, 15) is 10.1 Å². The Morgan fingerprint density at radius 2 is 2.28 bits per heavy atom. The van der Waals surface area contributed by atoms with Crippen molar-refractivity contribution < 1.29 is 4.92 Å². The van der Waals surface area contributed by atoms with Crippen LogP contribution in [0.15, 0.2) is 18.2 Å². The maximum absolute atomic E-state index is 10.6. The standard InChI is InChI=1S/C12H16ClN3O2/c13-11-6-10(3-4-12(11)16(17)18)15-7-8-1-2-9(14)5-8/h3-4,6,8-9,15H,1-2,5,7,14H2/t8-,9+/m1/s1. The summed E-state index contributed by atoms with van der Waals surface area (Å²) in [5.74, 6) is 0.578. The number of nitro groups is 1. The SMILES string of the molecule is N[C@H]1CC[C@@H](CNc2ccc([N+](=O)[O-])c(Cl)c2)C1. The number of nitrogens with zero attached hydrogens (tertiary/aromatic N) is 1. The molecule has 0 bridgehead atoms. The van der Waals surface area contributed by atoms with E-state index in [0.717, 1.165) is 31.5 Å². The monoisotopic (exact) mass is 269 g/mol. The Labute approximate surface area is 110 Å². The van der Waals surface area contributed by atoms with Crippen LogP contribution in [0, 0.1) is 16.0 Å². The second kappa shape index (κ2) is 5.54. The number of nitrogens with two attached hydrogens (primary N) is 1. The third-order valence-electron chi connectivity index (χ3n) is 3.32. The van der Waals surface area contributed by atoms with Crippen LogP contribution in [-0.2, 0) is 0 Å². The molecule has 18 heavy (non-hydrogen) atoms. The van der Waals surface area contributed by atoms with Gasteiger partial charge in [-0.25, -0.2) is 0 Å². The summed E-state index contributed by atoms with van der Waals surface area (Å²) in [4.78, 5) is 10.1. The van der Waals surface area contributed by atoms with Crippen LogP contribution in [-0.4, -0.2) is 17.5 Å². The molecule has 5 nitrogen and oxygen atoms in total. The lowest BCUT2D eigenvalue weighted by Crippen LogP contribution is -2.17. The molecule has 2 atom stereocenters. The molecule has 1 saturated carbocycles. The Bertz CT molecular complexity index is 453. The fraction of sp³-hybridized carbons (Fsp3) is 0.500. The van der Waals surface area contributed by atoms with Gasteiger partial charge in [-0.15, -0.1) is 0 Å². The average molecular weight is 270 g/mol. The van der Waals surface area contributed by atoms with Gasteiger partial charge in [0, 0.05) is 24.3 Å². The Balaban J connectivity index is 1.94. The summed E-state index contributed by atoms with van der Waals surface area (Å²) in [5, 5.41) is 14.0. The second-order valence-electron chi connectivity index (χ2n) is 4.74. The summed E-state index contributed by atoms with van der Waals surface area (Å²) < 4.78 is 0. The average Bonchev–Trinajstić information content (AvgIpc) is 2.72. The number of hydrogen-bond donors (Lipinski definition) is 2. The summed E-state index contributed by atoms with van der Waals surface area (Å²) in [6.07, 6.45) is 3.25. The van der Waals surface area contributed by atoms with Crippen LogP contribution in [0.5, 0.6) is 0 Å². The highest BCUT2D eigenvalue weighted by Crippen LogP contribution is 2.28. The van der Waals surface area contributed by atoms with E-state index in [1.165, 1.54) is 6.07 Å². The van der Waals surface area contributed by atoms with Crippen molar-refractivity contribution in [1.29, 1.82) is 0 Å². The molecule has 6 heteroatoms. The van der Waals surface area contributed by atoms with Crippen molar-refractivity contribution in [2.24, 2.45) is 11.7 Å². The van der Waals surface area contributed by atoms with Crippen LogP contribution >= 0.6 is 11.6 Å². The van der Waals surface area contributed by atoms with Gasteiger partial charge < -0.3 is 11.1 Å². The number of nitrogens with one attached hydrogen (secondary N) is 1. The number of halogens is 1. The van der Waals surface area contributed by atoms with Crippen LogP contribution in [0.1, 0.15) is 19.3 Å². The smallest absolute Gasteiger partial charge is 0.288 e. The van der Waals surface area contributed by atoms with Gasteiger partial charge in [-0.2, -0.15) is 0 Å². The van der Waals surface area contributed by atoms with E-state index in [0.29, 0.717) is 12.0 Å². The van der Waals surface area contributed by atoms with Crippen LogP contribution < -0.4 is 11.1 Å². The van der Waals surface area contributed by atoms with Gasteiger partial charge in [0.05, 0.1) is 4.92 Å². The molecule has 0 saturated heterocycles. The second-order valence-corrected chi connectivity index (χ2v) is 5.15. The fourth-order valence-corrected chi connectivity index (χ4v) is 2.58. The van der Waals surface area contributed by atoms with E-state index < -0.39 is 4.92 Å². The summed E-state index contributed by atoms with van der Waals surface area (Å²) >= 11 is 5.84. The van der Waals surface area contributed by atoms with Crippen molar-refractivity contribution in [3.05, 3.63) is 33.3 Å². The van der Waals surface area contributed by atoms with Crippen molar-refractivity contribution in [2.75, 3.05) is 11.9 Å². The lowest BCUT2D eigenvalue weighted by Gasteiger charge is -2.12. The molecule has 0 spiro atoms. The molecule has 3 N–H and O–H groups in total. The minimum absolute atomic E-state index is 0.0647. The van der Waals surface area contributed by atoms with Gasteiger partial charge in [-0.1, -0.05) is 11.6 Å². The Hall–Kier alpha value is -1.33. The Morgan fingerprint density at radius 3 is 2.83 bits per heavy atom. The number of rotatable bonds is 4. The van der Waals surface area contributed by atoms with E-state index >= 15 is 0 Å². The summed E-state index contributed by atoms with van der Waals surface area (Å²) in [6, 6.07) is 5.01. The highest BCUT2D eigenvalue weighted by atomic mass is 35.5. The normalized spacial score (nSPS) is 23.0. The predicted octanol–water partition coefficient (Wildman–Crippen LogP) is 2.79. The molecule has 0 aromatic heterocycles. The Morgan fingerprint density at radius 1 is 1.50 bits per heavy atom. The molecule has 98 valence electrons. The largest absolute Gasteiger partial charge is 0.385 e. The van der Waals surface area contributed by atoms with Gasteiger partial charge in [0.15, 0.2) is 0 Å². The highest BCUT2D eigenvalue weighted by Gasteiger charge is 2.21. The summed E-state index contributed by atoms with van der Waals surface area (Å²) in [7, 11) is 0. The molecule has 1 aliphatic carbocycles. The molecule has 0 radical (unpaired) electrons. The molecule has 1 aliphatic rings. The number of anilines is 1. The van der Waals surface area contributed by atoms with E-state index in [4.69, 9.17) is 17.3 Å². The maximum atomic E-state index is 10.6. The molecule has 2 rings (SSSR count). The van der Waals surface area contributed by atoms with Gasteiger partial charge in [-0.05, 0) is 37.3 Å². The fourth-order valence-electron chi connectivity index (χ4n) is 2.33. The molecule has 1 aromatic carbocycles. The van der Waals surface area contributed by atoms with E-state index in [1.54, 1.807) is 12.1 Å². The zero-order chi connectivity index (χ0) is 13.1. The minimum Gasteiger partial charge on any atom is -0.385 e. The molecule has 1 fully saturated rings. The zero-order valence-corrected chi connectivity index (χ0v) is 10.7. The molecule has 1 aromatic rings. The molecule has 0 amide bonds. The van der Waals surface area contributed by atoms with Crippen LogP contribution in [0.25, 0.3) is 0 Å². The van der Waals surface area contributed by atoms with Gasteiger partial charge in [0.2, 0.25) is 0 Å². The summed E-state index contributed by atoms with van der Waals surface area (Å²) in [6.45, 7) is 0.835. The Kier molecular flexibility index (Phi) is 4.04. The maximum Gasteiger partial charge on any atom is 0.288 e. The van der Waals surface area contributed by atoms with Gasteiger partial charge in [0.25, 0.3) is 5.69 Å². The molecule has 0 unspecified atom stereocenters. The van der Waals surface area contributed by atoms with Gasteiger partial charge in [0.1, 0.15) is 5.02 Å². The molecule has 0 aliphatic heterocycles. The van der Waals surface area contributed by atoms with Crippen molar-refractivity contribution in [3.63, 3.8) is 0 Å². The molecular weight excluding hydrogens is 254 g/mol. The van der Waals surface area contributed by atoms with Gasteiger partial charge in [-0.3, -0.25) is 10.1 Å². The first kappa shape index (κ1) is 13.1. The van der Waals surface area contributed by atoms with E-state index in [-0.39, 0.29) is 10.7 Å². The van der Waals surface area contributed by atoms with Crippen molar-refractivity contribution in [2.45, 2.75) is 25.3 Å². The molecule has 0 heterocycles. The lowest BCUT2D eigenvalue weighted by molar-refractivity contribution is -0.384. The van der Waals surface area contributed by atoms with Crippen LogP contribution in [0.3, 0.4) is 0 Å². The molecular formula is C12H16ClN3O2. The quantitative estimate of drug-likeness (QED) is 0.650. The predicted molar refractivity (Wildman–Crippen MR) is 71.9 cm³/mol. The first-order valence-electron chi connectivity index (χ1n) is 5.99. The third-order valence-corrected chi connectivity index (χ3v) is 3.62. The zero-order valence-electron chi connectivity index (χ0n) is 9.93. The van der Waals surface area contributed by atoms with Gasteiger partial charge >= 0.3 is 0 Å². The summed E-state index contributed by atoms with van der Waals surface area (Å²) in [5.41, 5.74) is 6.59. The van der Waals surface area contributed by atoms with E-state index in [2.05, 4.69) is 5.32 Å². The number of nitro benzene ring substituents is 1. The first-order chi connectivity index (χ1) is 8.56. The highest BCUT2D eigenvalue weighted by molar-refractivity contribution is 6.32. The van der Waals surface area contributed by atoms with Crippen LogP contribution in [0.2, 0.25) is 5.02 Å². The van der Waals surface area contributed by atoms with Crippen LogP contribution in [0.4, 0.5) is 11.4 Å². The third kappa shape index (κ3) is 3.11. The minimum atomic E-state index is -0.484. The first-order valence-corrected chi connectivity index (χ1v) is 6.37. The lowest BCUT2D eigenvalue weighted by atomic mass is 10.1. The van der Waals surface area contributed by atoms with Crippen molar-refractivity contribution in [3.8, 4) is 0 Å². The van der Waals surface area contributed by atoms with E-state index in [1.807, 2.05) is 0 Å². The van der Waals surface area contributed by atoms with Crippen molar-refractivity contribution >= 4 is 23.0 Å². The number of benzene rings is 1.